The molecule has 0 saturated carbocycles. The van der Waals surface area contributed by atoms with Gasteiger partial charge in [-0.3, -0.25) is 18.9 Å². The highest BCUT2D eigenvalue weighted by atomic mass is 32.2. The molecule has 3 rings (SSSR count). The van der Waals surface area contributed by atoms with Crippen molar-refractivity contribution in [3.05, 3.63) is 54.7 Å². The molecule has 0 fully saturated rings. The molecule has 2 N–H and O–H groups in total. The summed E-state index contributed by atoms with van der Waals surface area (Å²) in [6.07, 6.45) is 1.59. The minimum atomic E-state index is -3.86. The van der Waals surface area contributed by atoms with Gasteiger partial charge in [0.25, 0.3) is 10.0 Å². The largest absolute Gasteiger partial charge is 0.326 e. The molecule has 9 heteroatoms. The molecule has 0 bridgehead atoms. The number of alkyl halides is 1. The van der Waals surface area contributed by atoms with E-state index in [2.05, 4.69) is 10.0 Å². The number of anilines is 2. The molecule has 0 radical (unpaired) electrons. The normalized spacial score (nSPS) is 12.0. The number of carbonyl (C=O) groups is 2. The van der Waals surface area contributed by atoms with Gasteiger partial charge in [-0.2, -0.15) is 0 Å². The van der Waals surface area contributed by atoms with E-state index in [0.717, 1.165) is 0 Å². The topological polar surface area (TPSA) is 97.3 Å². The smallest absolute Gasteiger partial charge is 0.261 e. The maximum atomic E-state index is 12.9. The number of fused-ring (bicyclic) bond motifs is 1. The quantitative estimate of drug-likeness (QED) is 0.616. The molecular formula is C21H22FN3O4S. The predicted molar refractivity (Wildman–Crippen MR) is 114 cm³/mol. The van der Waals surface area contributed by atoms with Crippen LogP contribution in [0.3, 0.4) is 0 Å². The van der Waals surface area contributed by atoms with Gasteiger partial charge in [-0.25, -0.2) is 12.8 Å². The number of rotatable bonds is 6. The molecule has 30 heavy (non-hydrogen) atoms. The van der Waals surface area contributed by atoms with E-state index in [1.165, 1.54) is 61.7 Å². The highest BCUT2D eigenvalue weighted by molar-refractivity contribution is 7.92. The lowest BCUT2D eigenvalue weighted by Gasteiger charge is -2.19. The van der Waals surface area contributed by atoms with Crippen LogP contribution in [0.4, 0.5) is 15.8 Å². The summed E-state index contributed by atoms with van der Waals surface area (Å²) in [5.74, 6) is -0.634. The fourth-order valence-electron chi connectivity index (χ4n) is 2.76. The Morgan fingerprint density at radius 2 is 1.67 bits per heavy atom. The van der Waals surface area contributed by atoms with E-state index in [1.807, 2.05) is 0 Å². The van der Waals surface area contributed by atoms with Crippen LogP contribution in [0.2, 0.25) is 0 Å². The summed E-state index contributed by atoms with van der Waals surface area (Å²) in [4.78, 5) is 23.7. The third kappa shape index (κ3) is 4.35. The van der Waals surface area contributed by atoms with Crippen LogP contribution in [0, 0.1) is 5.41 Å². The Balaban J connectivity index is 1.78. The number of nitrogens with one attached hydrogen (secondary N) is 2. The van der Waals surface area contributed by atoms with Gasteiger partial charge in [0.2, 0.25) is 11.8 Å². The Labute approximate surface area is 173 Å². The van der Waals surface area contributed by atoms with Crippen LogP contribution in [0.1, 0.15) is 25.6 Å². The minimum absolute atomic E-state index is 0.0541. The first-order chi connectivity index (χ1) is 14.0. The van der Waals surface area contributed by atoms with Crippen molar-refractivity contribution >= 4 is 44.1 Å². The average molecular weight is 431 g/mol. The van der Waals surface area contributed by atoms with Crippen LogP contribution in [-0.4, -0.2) is 31.5 Å². The fourth-order valence-corrected chi connectivity index (χ4v) is 3.85. The van der Waals surface area contributed by atoms with E-state index in [4.69, 9.17) is 0 Å². The Kier molecular flexibility index (Phi) is 5.67. The first kappa shape index (κ1) is 21.5. The zero-order chi connectivity index (χ0) is 22.1. The summed E-state index contributed by atoms with van der Waals surface area (Å²) in [6.45, 7) is 3.62. The minimum Gasteiger partial charge on any atom is -0.326 e. The molecule has 0 aliphatic heterocycles. The monoisotopic (exact) mass is 431 g/mol. The second kappa shape index (κ2) is 7.91. The van der Waals surface area contributed by atoms with Gasteiger partial charge in [0, 0.05) is 29.9 Å². The Morgan fingerprint density at radius 1 is 1.03 bits per heavy atom. The zero-order valence-electron chi connectivity index (χ0n) is 16.8. The van der Waals surface area contributed by atoms with E-state index in [0.29, 0.717) is 22.3 Å². The number of aromatic nitrogens is 1. The number of halogens is 1. The van der Waals surface area contributed by atoms with Crippen molar-refractivity contribution in [3.8, 4) is 0 Å². The van der Waals surface area contributed by atoms with Crippen molar-refractivity contribution < 1.29 is 22.4 Å². The summed E-state index contributed by atoms with van der Waals surface area (Å²) in [7, 11) is -3.86. The van der Waals surface area contributed by atoms with Gasteiger partial charge in [-0.1, -0.05) is 0 Å². The van der Waals surface area contributed by atoms with Crippen molar-refractivity contribution in [2.24, 2.45) is 5.41 Å². The van der Waals surface area contributed by atoms with Gasteiger partial charge in [-0.15, -0.1) is 0 Å². The number of carbonyl (C=O) groups excluding carboxylic acids is 2. The van der Waals surface area contributed by atoms with E-state index in [9.17, 15) is 22.4 Å². The van der Waals surface area contributed by atoms with Crippen molar-refractivity contribution in [2.75, 3.05) is 16.7 Å². The van der Waals surface area contributed by atoms with E-state index >= 15 is 0 Å². The van der Waals surface area contributed by atoms with Crippen LogP contribution >= 0.6 is 0 Å². The van der Waals surface area contributed by atoms with Crippen LogP contribution in [-0.2, 0) is 14.8 Å². The molecule has 1 aromatic heterocycles. The van der Waals surface area contributed by atoms with Gasteiger partial charge < -0.3 is 5.32 Å². The molecule has 158 valence electrons. The molecule has 0 aliphatic carbocycles. The molecule has 0 spiro atoms. The van der Waals surface area contributed by atoms with Crippen molar-refractivity contribution in [2.45, 2.75) is 25.7 Å². The van der Waals surface area contributed by atoms with Gasteiger partial charge in [0.1, 0.15) is 6.67 Å². The first-order valence-electron chi connectivity index (χ1n) is 9.16. The molecule has 7 nitrogen and oxygen atoms in total. The summed E-state index contributed by atoms with van der Waals surface area (Å²) in [5.41, 5.74) is 0.202. The lowest BCUT2D eigenvalue weighted by atomic mass is 9.94. The lowest BCUT2D eigenvalue weighted by molar-refractivity contribution is -0.124. The molecule has 0 unspecified atom stereocenters. The summed E-state index contributed by atoms with van der Waals surface area (Å²) in [5, 5.41) is 3.23. The van der Waals surface area contributed by atoms with Crippen molar-refractivity contribution in [1.29, 1.82) is 0 Å². The van der Waals surface area contributed by atoms with Gasteiger partial charge in [-0.05, 0) is 62.4 Å². The summed E-state index contributed by atoms with van der Waals surface area (Å²) in [6, 6.07) is 12.2. The van der Waals surface area contributed by atoms with Crippen molar-refractivity contribution in [3.63, 3.8) is 0 Å². The van der Waals surface area contributed by atoms with Crippen LogP contribution in [0.25, 0.3) is 10.9 Å². The predicted octanol–water partition coefficient (Wildman–Crippen LogP) is 4.04. The molecular weight excluding hydrogens is 409 g/mol. The first-order valence-corrected chi connectivity index (χ1v) is 10.6. The third-order valence-corrected chi connectivity index (χ3v) is 6.03. The number of benzene rings is 2. The van der Waals surface area contributed by atoms with Crippen molar-refractivity contribution in [1.82, 2.24) is 4.57 Å². The molecule has 1 heterocycles. The van der Waals surface area contributed by atoms with Crippen LogP contribution in [0.15, 0.2) is 59.6 Å². The number of nitrogens with zero attached hydrogens (tertiary/aromatic N) is 1. The van der Waals surface area contributed by atoms with E-state index < -0.39 is 28.0 Å². The second-order valence-corrected chi connectivity index (χ2v) is 9.26. The van der Waals surface area contributed by atoms with Gasteiger partial charge in [0.15, 0.2) is 0 Å². The standard InChI is InChI=1S/C21H22FN3O4S/c1-14(26)25-11-10-15-12-18(8-9-19(15)25)30(28,29)24-17-6-4-16(5-7-17)23-20(27)21(2,3)13-22/h4-12,24H,13H2,1-3H3,(H,23,27). The summed E-state index contributed by atoms with van der Waals surface area (Å²) >= 11 is 0. The number of hydrogen-bond acceptors (Lipinski definition) is 4. The SMILES string of the molecule is CC(=O)n1ccc2cc(S(=O)(=O)Nc3ccc(NC(=O)C(C)(C)CF)cc3)ccc21. The number of hydrogen-bond donors (Lipinski definition) is 2. The average Bonchev–Trinajstić information content (AvgIpc) is 3.12. The Morgan fingerprint density at radius 3 is 2.27 bits per heavy atom. The fraction of sp³-hybridized carbons (Fsp3) is 0.238. The Bertz CT molecular complexity index is 1210. The Hall–Kier alpha value is -3.20. The van der Waals surface area contributed by atoms with Crippen LogP contribution in [0.5, 0.6) is 0 Å². The van der Waals surface area contributed by atoms with E-state index in [1.54, 1.807) is 18.3 Å². The molecule has 1 amide bonds. The molecule has 3 aromatic rings. The van der Waals surface area contributed by atoms with Crippen LogP contribution < -0.4 is 10.0 Å². The second-order valence-electron chi connectivity index (χ2n) is 7.58. The molecule has 2 aromatic carbocycles. The lowest BCUT2D eigenvalue weighted by Crippen LogP contribution is -2.32. The highest BCUT2D eigenvalue weighted by Gasteiger charge is 2.27. The maximum Gasteiger partial charge on any atom is 0.261 e. The molecule has 0 aliphatic rings. The third-order valence-electron chi connectivity index (χ3n) is 4.65. The highest BCUT2D eigenvalue weighted by Crippen LogP contribution is 2.24. The maximum absolute atomic E-state index is 12.9. The number of amides is 1. The van der Waals surface area contributed by atoms with Gasteiger partial charge >= 0.3 is 0 Å². The molecule has 0 saturated heterocycles. The van der Waals surface area contributed by atoms with Gasteiger partial charge in [0.05, 0.1) is 15.8 Å². The molecule has 0 atom stereocenters. The number of sulfonamides is 1. The zero-order valence-corrected chi connectivity index (χ0v) is 17.6. The van der Waals surface area contributed by atoms with E-state index in [-0.39, 0.29) is 10.8 Å². The summed E-state index contributed by atoms with van der Waals surface area (Å²) < 4.78 is 42.3.